The summed E-state index contributed by atoms with van der Waals surface area (Å²) in [6.07, 6.45) is 4.88. The van der Waals surface area contributed by atoms with Crippen molar-refractivity contribution >= 4 is 40.9 Å². The van der Waals surface area contributed by atoms with Gasteiger partial charge in [-0.2, -0.15) is 0 Å². The lowest BCUT2D eigenvalue weighted by molar-refractivity contribution is -0.144. The molecule has 0 fully saturated rings. The quantitative estimate of drug-likeness (QED) is 0.205. The lowest BCUT2D eigenvalue weighted by atomic mass is 9.85. The van der Waals surface area contributed by atoms with E-state index in [0.717, 1.165) is 38.4 Å². The summed E-state index contributed by atoms with van der Waals surface area (Å²) < 4.78 is 22.1. The Balaban J connectivity index is 1.48. The molecule has 0 bridgehead atoms. The fourth-order valence-corrected chi connectivity index (χ4v) is 6.59. The van der Waals surface area contributed by atoms with Crippen molar-refractivity contribution in [3.63, 3.8) is 0 Å². The number of ether oxygens (including phenoxy) is 4. The van der Waals surface area contributed by atoms with E-state index in [9.17, 15) is 14.4 Å². The van der Waals surface area contributed by atoms with Crippen LogP contribution in [-0.2, 0) is 20.9 Å². The molecule has 2 heterocycles. The van der Waals surface area contributed by atoms with Crippen LogP contribution in [-0.4, -0.2) is 42.9 Å². The minimum atomic E-state index is -0.629. The van der Waals surface area contributed by atoms with Gasteiger partial charge >= 0.3 is 17.9 Å². The summed E-state index contributed by atoms with van der Waals surface area (Å²) in [7, 11) is 2.82. The molecule has 8 nitrogen and oxygen atoms in total. The van der Waals surface area contributed by atoms with Crippen molar-refractivity contribution in [3.8, 4) is 22.6 Å². The summed E-state index contributed by atoms with van der Waals surface area (Å²) in [4.78, 5) is 39.0. The van der Waals surface area contributed by atoms with E-state index in [2.05, 4.69) is 38.2 Å². The number of carbonyl (C=O) groups is 3. The number of thioether (sulfide) groups is 1. The molecular formula is C35H35NO7S. The van der Waals surface area contributed by atoms with Crippen LogP contribution in [0, 0.1) is 0 Å². The third-order valence-electron chi connectivity index (χ3n) is 7.50. The molecule has 0 saturated heterocycles. The first-order valence-corrected chi connectivity index (χ1v) is 15.1. The number of esters is 3. The van der Waals surface area contributed by atoms with E-state index in [1.165, 1.54) is 24.9 Å². The molecule has 1 unspecified atom stereocenters. The van der Waals surface area contributed by atoms with Crippen LogP contribution in [0.2, 0.25) is 0 Å². The Morgan fingerprint density at radius 1 is 0.955 bits per heavy atom. The van der Waals surface area contributed by atoms with Gasteiger partial charge in [-0.3, -0.25) is 4.79 Å². The van der Waals surface area contributed by atoms with E-state index in [4.69, 9.17) is 18.9 Å². The Kier molecular flexibility index (Phi) is 8.87. The number of anilines is 1. The SMILES string of the molecule is COC(=O)c1cccc(C(=O)Oc2ccc(-c3ccc4c(c3COC(=O)C3CC=C(C)S3)C(C)=CC(C)(C)N4)c(OC)c2)c1. The van der Waals surface area contributed by atoms with Crippen LogP contribution in [0.4, 0.5) is 5.69 Å². The standard InChI is InChI=1S/C35H35NO7S/c1-20-18-35(3,4)36-28-14-13-25(27(31(20)28)19-42-34(39)30-15-10-21(2)44-30)26-12-11-24(17-29(26)40-5)43-33(38)23-9-7-8-22(16-23)32(37)41-6/h7-14,16-18,30,36H,15,19H2,1-6H3. The molecule has 9 heteroatoms. The molecule has 228 valence electrons. The molecule has 3 aromatic rings. The lowest BCUT2D eigenvalue weighted by Crippen LogP contribution is -2.32. The first kappa shape index (κ1) is 30.9. The number of rotatable bonds is 8. The zero-order valence-corrected chi connectivity index (χ0v) is 26.4. The Labute approximate surface area is 261 Å². The number of hydrogen-bond donors (Lipinski definition) is 1. The van der Waals surface area contributed by atoms with E-state index in [-0.39, 0.29) is 40.2 Å². The second-order valence-corrected chi connectivity index (χ2v) is 12.7. The third kappa shape index (κ3) is 6.53. The minimum Gasteiger partial charge on any atom is -0.496 e. The number of fused-ring (bicyclic) bond motifs is 1. The Morgan fingerprint density at radius 3 is 2.36 bits per heavy atom. The van der Waals surface area contributed by atoms with Gasteiger partial charge in [0.05, 0.1) is 30.9 Å². The summed E-state index contributed by atoms with van der Waals surface area (Å²) in [5.41, 5.74) is 5.65. The average molecular weight is 614 g/mol. The molecule has 2 aliphatic heterocycles. The lowest BCUT2D eigenvalue weighted by Gasteiger charge is -2.33. The largest absolute Gasteiger partial charge is 0.496 e. The van der Waals surface area contributed by atoms with Crippen LogP contribution >= 0.6 is 11.8 Å². The van der Waals surface area contributed by atoms with E-state index >= 15 is 0 Å². The van der Waals surface area contributed by atoms with Crippen molar-refractivity contribution < 1.29 is 33.3 Å². The van der Waals surface area contributed by atoms with Crippen LogP contribution in [0.5, 0.6) is 11.5 Å². The molecule has 0 amide bonds. The topological polar surface area (TPSA) is 100 Å². The fraction of sp³-hybridized carbons (Fsp3) is 0.286. The van der Waals surface area contributed by atoms with Crippen molar-refractivity contribution in [1.29, 1.82) is 0 Å². The highest BCUT2D eigenvalue weighted by Gasteiger charge is 2.29. The number of benzene rings is 3. The monoisotopic (exact) mass is 613 g/mol. The van der Waals surface area contributed by atoms with Gasteiger partial charge in [0.2, 0.25) is 0 Å². The predicted octanol–water partition coefficient (Wildman–Crippen LogP) is 7.43. The Morgan fingerprint density at radius 2 is 1.68 bits per heavy atom. The van der Waals surface area contributed by atoms with E-state index in [1.807, 2.05) is 25.1 Å². The molecule has 1 atom stereocenters. The highest BCUT2D eigenvalue weighted by atomic mass is 32.2. The highest BCUT2D eigenvalue weighted by Crippen LogP contribution is 2.44. The van der Waals surface area contributed by atoms with Crippen molar-refractivity contribution in [2.45, 2.75) is 51.5 Å². The smallest absolute Gasteiger partial charge is 0.343 e. The van der Waals surface area contributed by atoms with Gasteiger partial charge in [0, 0.05) is 28.4 Å². The molecule has 0 aliphatic carbocycles. The van der Waals surface area contributed by atoms with Gasteiger partial charge in [-0.05, 0) is 86.6 Å². The molecular weight excluding hydrogens is 578 g/mol. The maximum atomic E-state index is 13.0. The van der Waals surface area contributed by atoms with Crippen LogP contribution in [0.25, 0.3) is 16.7 Å². The number of allylic oxidation sites excluding steroid dienone is 3. The highest BCUT2D eigenvalue weighted by molar-refractivity contribution is 8.04. The molecule has 44 heavy (non-hydrogen) atoms. The van der Waals surface area contributed by atoms with E-state index in [0.29, 0.717) is 12.2 Å². The predicted molar refractivity (Wildman–Crippen MR) is 172 cm³/mol. The molecule has 1 N–H and O–H groups in total. The number of carbonyl (C=O) groups excluding carboxylic acids is 3. The van der Waals surface area contributed by atoms with Crippen LogP contribution in [0.3, 0.4) is 0 Å². The number of nitrogens with one attached hydrogen (secondary N) is 1. The van der Waals surface area contributed by atoms with Gasteiger partial charge < -0.3 is 24.3 Å². The summed E-state index contributed by atoms with van der Waals surface area (Å²) in [6, 6.07) is 15.3. The van der Waals surface area contributed by atoms with Gasteiger partial charge in [0.1, 0.15) is 23.4 Å². The van der Waals surface area contributed by atoms with Crippen molar-refractivity contribution in [2.24, 2.45) is 0 Å². The Hall–Kier alpha value is -4.50. The van der Waals surface area contributed by atoms with E-state index in [1.54, 1.807) is 37.4 Å². The second-order valence-electron chi connectivity index (χ2n) is 11.3. The molecule has 0 saturated carbocycles. The molecule has 3 aromatic carbocycles. The van der Waals surface area contributed by atoms with Crippen molar-refractivity contribution in [2.75, 3.05) is 19.5 Å². The van der Waals surface area contributed by atoms with Gasteiger partial charge in [0.15, 0.2) is 0 Å². The number of hydrogen-bond acceptors (Lipinski definition) is 9. The first-order valence-electron chi connectivity index (χ1n) is 14.2. The van der Waals surface area contributed by atoms with Crippen LogP contribution in [0.1, 0.15) is 66.0 Å². The molecule has 2 aliphatic rings. The van der Waals surface area contributed by atoms with Gasteiger partial charge in [-0.25, -0.2) is 9.59 Å². The van der Waals surface area contributed by atoms with Gasteiger partial charge in [-0.15, -0.1) is 11.8 Å². The first-order chi connectivity index (χ1) is 21.0. The minimum absolute atomic E-state index is 0.0805. The van der Waals surface area contributed by atoms with Crippen molar-refractivity contribution in [1.82, 2.24) is 0 Å². The zero-order chi connectivity index (χ0) is 31.6. The summed E-state index contributed by atoms with van der Waals surface area (Å²) in [5, 5.41) is 3.33. The van der Waals surface area contributed by atoms with Crippen molar-refractivity contribution in [3.05, 3.63) is 93.9 Å². The molecule has 5 rings (SSSR count). The van der Waals surface area contributed by atoms with Gasteiger partial charge in [-0.1, -0.05) is 24.3 Å². The average Bonchev–Trinajstić information content (AvgIpc) is 3.44. The van der Waals surface area contributed by atoms with Crippen LogP contribution < -0.4 is 14.8 Å². The maximum absolute atomic E-state index is 13.0. The van der Waals surface area contributed by atoms with Gasteiger partial charge in [0.25, 0.3) is 0 Å². The Bertz CT molecular complexity index is 1710. The normalized spacial score (nSPS) is 16.5. The summed E-state index contributed by atoms with van der Waals surface area (Å²) >= 11 is 1.53. The van der Waals surface area contributed by atoms with E-state index < -0.39 is 11.9 Å². The third-order valence-corrected chi connectivity index (χ3v) is 8.71. The second kappa shape index (κ2) is 12.6. The molecule has 0 spiro atoms. The van der Waals surface area contributed by atoms with Crippen LogP contribution in [0.15, 0.2) is 71.7 Å². The molecule has 0 radical (unpaired) electrons. The fourth-order valence-electron chi connectivity index (χ4n) is 5.59. The zero-order valence-electron chi connectivity index (χ0n) is 25.6. The summed E-state index contributed by atoms with van der Waals surface area (Å²) in [6.45, 7) is 8.35. The summed E-state index contributed by atoms with van der Waals surface area (Å²) in [5.74, 6) is -0.678. The molecule has 0 aromatic heterocycles. The maximum Gasteiger partial charge on any atom is 0.343 e. The number of methoxy groups -OCH3 is 2.